The van der Waals surface area contributed by atoms with Gasteiger partial charge in [0, 0.05) is 12.7 Å². The second-order valence-corrected chi connectivity index (χ2v) is 6.86. The highest BCUT2D eigenvalue weighted by atomic mass is 19.1. The molecule has 1 aromatic heterocycles. The van der Waals surface area contributed by atoms with Crippen LogP contribution < -0.4 is 0 Å². The van der Waals surface area contributed by atoms with Crippen molar-refractivity contribution in [2.45, 2.75) is 32.7 Å². The average molecular weight is 344 g/mol. The standard InChI is InChI=1S/C19H21FN2O3/c1-19(2,3)14-6-9-16(21-10-14)18(25)22(12-17(23)24)11-13-4-7-15(20)8-5-13/h4-10H,11-12H2,1-3H3,(H,23,24). The van der Waals surface area contributed by atoms with Crippen LogP contribution in [0.3, 0.4) is 0 Å². The summed E-state index contributed by atoms with van der Waals surface area (Å²) in [5.41, 5.74) is 1.70. The molecule has 0 saturated carbocycles. The van der Waals surface area contributed by atoms with E-state index < -0.39 is 18.4 Å². The Morgan fingerprint density at radius 2 is 1.76 bits per heavy atom. The minimum absolute atomic E-state index is 0.0636. The van der Waals surface area contributed by atoms with Crippen molar-refractivity contribution in [3.05, 3.63) is 65.2 Å². The van der Waals surface area contributed by atoms with Gasteiger partial charge in [-0.1, -0.05) is 39.0 Å². The molecule has 2 aromatic rings. The number of pyridine rings is 1. The van der Waals surface area contributed by atoms with E-state index in [2.05, 4.69) is 4.98 Å². The van der Waals surface area contributed by atoms with Gasteiger partial charge >= 0.3 is 5.97 Å². The second-order valence-electron chi connectivity index (χ2n) is 6.86. The highest BCUT2D eigenvalue weighted by Crippen LogP contribution is 2.21. The molecule has 132 valence electrons. The van der Waals surface area contributed by atoms with Gasteiger partial charge in [-0.15, -0.1) is 0 Å². The van der Waals surface area contributed by atoms with Gasteiger partial charge in [-0.2, -0.15) is 0 Å². The molecule has 6 heteroatoms. The van der Waals surface area contributed by atoms with Crippen molar-refractivity contribution in [3.8, 4) is 0 Å². The first-order chi connectivity index (χ1) is 11.7. The maximum absolute atomic E-state index is 13.0. The number of carbonyl (C=O) groups excluding carboxylic acids is 1. The van der Waals surface area contributed by atoms with E-state index in [9.17, 15) is 14.0 Å². The molecule has 5 nitrogen and oxygen atoms in total. The fourth-order valence-electron chi connectivity index (χ4n) is 2.30. The number of aliphatic carboxylic acids is 1. The summed E-state index contributed by atoms with van der Waals surface area (Å²) in [7, 11) is 0. The van der Waals surface area contributed by atoms with Crippen molar-refractivity contribution in [2.24, 2.45) is 0 Å². The molecular formula is C19H21FN2O3. The number of hydrogen-bond donors (Lipinski definition) is 1. The number of carboxylic acid groups (broad SMARTS) is 1. The second kappa shape index (κ2) is 7.42. The molecule has 0 aliphatic carbocycles. The SMILES string of the molecule is CC(C)(C)c1ccc(C(=O)N(CC(=O)O)Cc2ccc(F)cc2)nc1. The molecule has 25 heavy (non-hydrogen) atoms. The smallest absolute Gasteiger partial charge is 0.323 e. The Morgan fingerprint density at radius 1 is 1.12 bits per heavy atom. The monoisotopic (exact) mass is 344 g/mol. The molecule has 0 aliphatic rings. The summed E-state index contributed by atoms with van der Waals surface area (Å²) >= 11 is 0. The van der Waals surface area contributed by atoms with Crippen molar-refractivity contribution in [1.29, 1.82) is 0 Å². The fourth-order valence-corrected chi connectivity index (χ4v) is 2.30. The number of carboxylic acids is 1. The molecule has 0 atom stereocenters. The molecule has 0 radical (unpaired) electrons. The largest absolute Gasteiger partial charge is 0.480 e. The number of amides is 1. The van der Waals surface area contributed by atoms with Gasteiger partial charge in [0.15, 0.2) is 0 Å². The molecule has 0 spiro atoms. The van der Waals surface area contributed by atoms with Gasteiger partial charge in [0.2, 0.25) is 0 Å². The van der Waals surface area contributed by atoms with Gasteiger partial charge in [-0.3, -0.25) is 14.6 Å². The lowest BCUT2D eigenvalue weighted by molar-refractivity contribution is -0.137. The Hall–Kier alpha value is -2.76. The zero-order valence-corrected chi connectivity index (χ0v) is 14.5. The van der Waals surface area contributed by atoms with Crippen LogP contribution in [0.5, 0.6) is 0 Å². The van der Waals surface area contributed by atoms with Gasteiger partial charge < -0.3 is 10.0 Å². The first-order valence-corrected chi connectivity index (χ1v) is 7.89. The minimum Gasteiger partial charge on any atom is -0.480 e. The van der Waals surface area contributed by atoms with Crippen LogP contribution in [0.1, 0.15) is 42.4 Å². The zero-order chi connectivity index (χ0) is 18.6. The van der Waals surface area contributed by atoms with Crippen molar-refractivity contribution in [1.82, 2.24) is 9.88 Å². The predicted octanol–water partition coefficient (Wildman–Crippen LogP) is 3.25. The van der Waals surface area contributed by atoms with Gasteiger partial charge in [0.25, 0.3) is 5.91 Å². The summed E-state index contributed by atoms with van der Waals surface area (Å²) in [4.78, 5) is 29.1. The topological polar surface area (TPSA) is 70.5 Å². The number of aromatic nitrogens is 1. The Labute approximate surface area is 146 Å². The quantitative estimate of drug-likeness (QED) is 0.904. The molecule has 1 aromatic carbocycles. The van der Waals surface area contributed by atoms with E-state index in [1.165, 1.54) is 29.2 Å². The first-order valence-electron chi connectivity index (χ1n) is 7.89. The van der Waals surface area contributed by atoms with Crippen molar-refractivity contribution >= 4 is 11.9 Å². The zero-order valence-electron chi connectivity index (χ0n) is 14.5. The molecule has 1 amide bonds. The molecule has 2 rings (SSSR count). The lowest BCUT2D eigenvalue weighted by atomic mass is 9.88. The van der Waals surface area contributed by atoms with Crippen molar-refractivity contribution < 1.29 is 19.1 Å². The number of nitrogens with zero attached hydrogens (tertiary/aromatic N) is 2. The molecule has 0 saturated heterocycles. The summed E-state index contributed by atoms with van der Waals surface area (Å²) in [6.07, 6.45) is 1.63. The third-order valence-corrected chi connectivity index (χ3v) is 3.75. The first kappa shape index (κ1) is 18.6. The van der Waals surface area contributed by atoms with Crippen LogP contribution in [-0.4, -0.2) is 33.4 Å². The van der Waals surface area contributed by atoms with Gasteiger partial charge in [-0.25, -0.2) is 4.39 Å². The molecule has 0 aliphatic heterocycles. The van der Waals surface area contributed by atoms with Gasteiger partial charge in [0.05, 0.1) is 0 Å². The Bertz CT molecular complexity index is 750. The molecule has 1 heterocycles. The van der Waals surface area contributed by atoms with Crippen LogP contribution >= 0.6 is 0 Å². The summed E-state index contributed by atoms with van der Waals surface area (Å²) in [6, 6.07) is 9.00. The number of halogens is 1. The van der Waals surface area contributed by atoms with Gasteiger partial charge in [-0.05, 0) is 34.7 Å². The summed E-state index contributed by atoms with van der Waals surface area (Å²) in [6.45, 7) is 5.72. The molecule has 0 unspecified atom stereocenters. The van der Waals surface area contributed by atoms with E-state index in [0.29, 0.717) is 5.56 Å². The lowest BCUT2D eigenvalue weighted by Gasteiger charge is -2.22. The molecule has 0 bridgehead atoms. The third-order valence-electron chi connectivity index (χ3n) is 3.75. The van der Waals surface area contributed by atoms with E-state index in [1.54, 1.807) is 12.3 Å². The third kappa shape index (κ3) is 5.11. The highest BCUT2D eigenvalue weighted by molar-refractivity contribution is 5.94. The Balaban J connectivity index is 2.22. The van der Waals surface area contributed by atoms with Crippen molar-refractivity contribution in [2.75, 3.05) is 6.54 Å². The van der Waals surface area contributed by atoms with Crippen LogP contribution in [0.4, 0.5) is 4.39 Å². The van der Waals surface area contributed by atoms with Crippen molar-refractivity contribution in [3.63, 3.8) is 0 Å². The number of hydrogen-bond acceptors (Lipinski definition) is 3. The summed E-state index contributed by atoms with van der Waals surface area (Å²) in [5.74, 6) is -1.99. The van der Waals surface area contributed by atoms with Crippen LogP contribution in [0.2, 0.25) is 0 Å². The van der Waals surface area contributed by atoms with E-state index in [0.717, 1.165) is 5.56 Å². The predicted molar refractivity (Wildman–Crippen MR) is 91.7 cm³/mol. The van der Waals surface area contributed by atoms with E-state index >= 15 is 0 Å². The molecule has 0 fully saturated rings. The maximum Gasteiger partial charge on any atom is 0.323 e. The van der Waals surface area contributed by atoms with Gasteiger partial charge in [0.1, 0.15) is 18.1 Å². The number of carbonyl (C=O) groups is 2. The normalized spacial score (nSPS) is 11.2. The average Bonchev–Trinajstić information content (AvgIpc) is 2.54. The van der Waals surface area contributed by atoms with Crippen LogP contribution in [-0.2, 0) is 16.8 Å². The lowest BCUT2D eigenvalue weighted by Crippen LogP contribution is -2.35. The summed E-state index contributed by atoms with van der Waals surface area (Å²) in [5, 5.41) is 9.08. The van der Waals surface area contributed by atoms with Crippen LogP contribution in [0.25, 0.3) is 0 Å². The maximum atomic E-state index is 13.0. The number of benzene rings is 1. The Morgan fingerprint density at radius 3 is 2.24 bits per heavy atom. The van der Waals surface area contributed by atoms with E-state index in [4.69, 9.17) is 5.11 Å². The van der Waals surface area contributed by atoms with Crippen LogP contribution in [0, 0.1) is 5.82 Å². The molecular weight excluding hydrogens is 323 g/mol. The summed E-state index contributed by atoms with van der Waals surface area (Å²) < 4.78 is 13.0. The Kier molecular flexibility index (Phi) is 5.51. The minimum atomic E-state index is -1.12. The highest BCUT2D eigenvalue weighted by Gasteiger charge is 2.21. The van der Waals surface area contributed by atoms with Crippen LogP contribution in [0.15, 0.2) is 42.6 Å². The number of rotatable bonds is 5. The molecule has 1 N–H and O–H groups in total. The van der Waals surface area contributed by atoms with E-state index in [1.807, 2.05) is 26.8 Å². The fraction of sp³-hybridized carbons (Fsp3) is 0.316. The van der Waals surface area contributed by atoms with E-state index in [-0.39, 0.29) is 23.5 Å².